The number of anilines is 1. The second-order valence-electron chi connectivity index (χ2n) is 5.70. The number of hydrogen-bond acceptors (Lipinski definition) is 3. The fraction of sp³-hybridized carbons (Fsp3) is 0.562. The number of halogens is 1. The summed E-state index contributed by atoms with van der Waals surface area (Å²) in [5.74, 6) is 1.15. The van der Waals surface area contributed by atoms with Crippen molar-refractivity contribution < 1.29 is 9.53 Å². The van der Waals surface area contributed by atoms with E-state index in [1.165, 1.54) is 32.8 Å². The third-order valence-corrected chi connectivity index (χ3v) is 4.34. The van der Waals surface area contributed by atoms with E-state index in [1.807, 2.05) is 6.07 Å². The van der Waals surface area contributed by atoms with E-state index in [-0.39, 0.29) is 0 Å². The second kappa shape index (κ2) is 6.98. The molecule has 0 aliphatic heterocycles. The van der Waals surface area contributed by atoms with Crippen molar-refractivity contribution in [3.8, 4) is 0 Å². The minimum atomic E-state index is -0.398. The Morgan fingerprint density at radius 3 is 2.95 bits per heavy atom. The number of methoxy groups -OCH3 is 1. The van der Waals surface area contributed by atoms with Crippen LogP contribution in [0.15, 0.2) is 18.2 Å². The summed E-state index contributed by atoms with van der Waals surface area (Å²) in [6.07, 6.45) is 5.24. The van der Waals surface area contributed by atoms with Crippen LogP contribution < -0.4 is 5.32 Å². The molecular formula is C16H22ClNO2. The molecule has 4 heteroatoms. The van der Waals surface area contributed by atoms with Gasteiger partial charge in [0.05, 0.1) is 17.7 Å². The van der Waals surface area contributed by atoms with Crippen LogP contribution >= 0.6 is 11.6 Å². The zero-order valence-corrected chi connectivity index (χ0v) is 12.9. The van der Waals surface area contributed by atoms with Gasteiger partial charge in [-0.3, -0.25) is 0 Å². The third-order valence-electron chi connectivity index (χ3n) is 4.01. The molecule has 20 heavy (non-hydrogen) atoms. The van der Waals surface area contributed by atoms with E-state index >= 15 is 0 Å². The Balaban J connectivity index is 1.97. The summed E-state index contributed by atoms with van der Waals surface area (Å²) in [6, 6.07) is 5.40. The highest BCUT2D eigenvalue weighted by molar-refractivity contribution is 6.33. The molecule has 1 aromatic carbocycles. The van der Waals surface area contributed by atoms with E-state index in [2.05, 4.69) is 12.2 Å². The van der Waals surface area contributed by atoms with Crippen molar-refractivity contribution in [2.24, 2.45) is 11.8 Å². The average Bonchev–Trinajstić information content (AvgIpc) is 2.45. The molecule has 1 aliphatic carbocycles. The number of nitrogens with one attached hydrogen (secondary N) is 1. The van der Waals surface area contributed by atoms with E-state index in [9.17, 15) is 4.79 Å². The summed E-state index contributed by atoms with van der Waals surface area (Å²) in [5.41, 5.74) is 1.34. The van der Waals surface area contributed by atoms with Gasteiger partial charge in [-0.05, 0) is 42.9 Å². The number of carbonyl (C=O) groups is 1. The first kappa shape index (κ1) is 15.2. The number of carbonyl (C=O) groups excluding carboxylic acids is 1. The van der Waals surface area contributed by atoms with Crippen LogP contribution in [0.4, 0.5) is 5.69 Å². The maximum atomic E-state index is 11.6. The fourth-order valence-electron chi connectivity index (χ4n) is 2.91. The van der Waals surface area contributed by atoms with Gasteiger partial charge in [0.2, 0.25) is 0 Å². The van der Waals surface area contributed by atoms with Gasteiger partial charge in [-0.25, -0.2) is 4.79 Å². The van der Waals surface area contributed by atoms with Crippen LogP contribution in [0.2, 0.25) is 5.02 Å². The van der Waals surface area contributed by atoms with Crippen LogP contribution in [-0.4, -0.2) is 19.6 Å². The zero-order chi connectivity index (χ0) is 14.5. The molecular weight excluding hydrogens is 274 g/mol. The number of esters is 1. The number of ether oxygens (including phenoxy) is 1. The standard InChI is InChI=1S/C16H22ClNO2/c1-11-4-3-5-12(8-11)10-18-13-6-7-15(17)14(9-13)16(19)20-2/h6-7,9,11-12,18H,3-5,8,10H2,1-2H3. The van der Waals surface area contributed by atoms with Crippen molar-refractivity contribution in [2.75, 3.05) is 19.0 Å². The van der Waals surface area contributed by atoms with Crippen LogP contribution in [0.25, 0.3) is 0 Å². The van der Waals surface area contributed by atoms with Gasteiger partial charge in [-0.2, -0.15) is 0 Å². The average molecular weight is 296 g/mol. The van der Waals surface area contributed by atoms with E-state index in [0.717, 1.165) is 24.1 Å². The number of benzene rings is 1. The van der Waals surface area contributed by atoms with Crippen molar-refractivity contribution in [2.45, 2.75) is 32.6 Å². The maximum absolute atomic E-state index is 11.6. The molecule has 2 unspecified atom stereocenters. The Kier molecular flexibility index (Phi) is 5.30. The minimum Gasteiger partial charge on any atom is -0.465 e. The zero-order valence-electron chi connectivity index (χ0n) is 12.1. The molecule has 1 aliphatic rings. The van der Waals surface area contributed by atoms with E-state index in [0.29, 0.717) is 10.6 Å². The minimum absolute atomic E-state index is 0.398. The molecule has 110 valence electrons. The van der Waals surface area contributed by atoms with Crippen molar-refractivity contribution in [1.29, 1.82) is 0 Å². The van der Waals surface area contributed by atoms with Gasteiger partial charge < -0.3 is 10.1 Å². The maximum Gasteiger partial charge on any atom is 0.339 e. The molecule has 0 bridgehead atoms. The van der Waals surface area contributed by atoms with Crippen molar-refractivity contribution in [1.82, 2.24) is 0 Å². The highest BCUT2D eigenvalue weighted by Gasteiger charge is 2.19. The molecule has 1 aromatic rings. The summed E-state index contributed by atoms with van der Waals surface area (Å²) in [7, 11) is 1.36. The fourth-order valence-corrected chi connectivity index (χ4v) is 3.10. The lowest BCUT2D eigenvalue weighted by atomic mass is 9.82. The normalized spacial score (nSPS) is 22.4. The molecule has 1 N–H and O–H groups in total. The summed E-state index contributed by atoms with van der Waals surface area (Å²) in [6.45, 7) is 3.27. The van der Waals surface area contributed by atoms with Crippen LogP contribution in [0.5, 0.6) is 0 Å². The van der Waals surface area contributed by atoms with Gasteiger partial charge in [0.1, 0.15) is 0 Å². The number of hydrogen-bond donors (Lipinski definition) is 1. The summed E-state index contributed by atoms with van der Waals surface area (Å²) < 4.78 is 4.73. The molecule has 0 aromatic heterocycles. The van der Waals surface area contributed by atoms with E-state index < -0.39 is 5.97 Å². The van der Waals surface area contributed by atoms with Crippen molar-refractivity contribution in [3.05, 3.63) is 28.8 Å². The van der Waals surface area contributed by atoms with Crippen LogP contribution in [0.3, 0.4) is 0 Å². The predicted octanol–water partition coefficient (Wildman–Crippen LogP) is 4.36. The lowest BCUT2D eigenvalue weighted by molar-refractivity contribution is 0.0601. The van der Waals surface area contributed by atoms with Crippen molar-refractivity contribution >= 4 is 23.3 Å². The molecule has 1 fully saturated rings. The SMILES string of the molecule is COC(=O)c1cc(NCC2CCCC(C)C2)ccc1Cl. The first-order chi connectivity index (χ1) is 9.60. The monoisotopic (exact) mass is 295 g/mol. The Bertz CT molecular complexity index is 476. The smallest absolute Gasteiger partial charge is 0.339 e. The number of rotatable bonds is 4. The highest BCUT2D eigenvalue weighted by Crippen LogP contribution is 2.29. The lowest BCUT2D eigenvalue weighted by Crippen LogP contribution is -2.21. The quantitative estimate of drug-likeness (QED) is 0.839. The van der Waals surface area contributed by atoms with Gasteiger partial charge in [-0.15, -0.1) is 0 Å². The Morgan fingerprint density at radius 2 is 2.25 bits per heavy atom. The molecule has 0 heterocycles. The second-order valence-corrected chi connectivity index (χ2v) is 6.11. The molecule has 0 amide bonds. The first-order valence-corrected chi connectivity index (χ1v) is 7.59. The van der Waals surface area contributed by atoms with Crippen LogP contribution in [0, 0.1) is 11.8 Å². The summed E-state index contributed by atoms with van der Waals surface area (Å²) in [5, 5.41) is 3.84. The topological polar surface area (TPSA) is 38.3 Å². The molecule has 2 atom stereocenters. The van der Waals surface area contributed by atoms with E-state index in [1.54, 1.807) is 12.1 Å². The molecule has 2 rings (SSSR count). The molecule has 0 spiro atoms. The first-order valence-electron chi connectivity index (χ1n) is 7.22. The predicted molar refractivity (Wildman–Crippen MR) is 82.4 cm³/mol. The molecule has 0 saturated heterocycles. The third kappa shape index (κ3) is 3.89. The Morgan fingerprint density at radius 1 is 1.45 bits per heavy atom. The highest BCUT2D eigenvalue weighted by atomic mass is 35.5. The van der Waals surface area contributed by atoms with E-state index in [4.69, 9.17) is 16.3 Å². The largest absolute Gasteiger partial charge is 0.465 e. The summed E-state index contributed by atoms with van der Waals surface area (Å²) in [4.78, 5) is 11.6. The van der Waals surface area contributed by atoms with Gasteiger partial charge >= 0.3 is 5.97 Å². The molecule has 1 saturated carbocycles. The molecule has 3 nitrogen and oxygen atoms in total. The van der Waals surface area contributed by atoms with Crippen molar-refractivity contribution in [3.63, 3.8) is 0 Å². The van der Waals surface area contributed by atoms with Gasteiger partial charge in [0, 0.05) is 12.2 Å². The Hall–Kier alpha value is -1.22. The van der Waals surface area contributed by atoms with Crippen LogP contribution in [0.1, 0.15) is 43.0 Å². The van der Waals surface area contributed by atoms with Crippen LogP contribution in [-0.2, 0) is 4.74 Å². The summed E-state index contributed by atoms with van der Waals surface area (Å²) >= 11 is 6.01. The lowest BCUT2D eigenvalue weighted by Gasteiger charge is -2.27. The Labute approximate surface area is 125 Å². The van der Waals surface area contributed by atoms with Gasteiger partial charge in [0.15, 0.2) is 0 Å². The van der Waals surface area contributed by atoms with Gasteiger partial charge in [-0.1, -0.05) is 31.4 Å². The molecule has 0 radical (unpaired) electrons. The van der Waals surface area contributed by atoms with Gasteiger partial charge in [0.25, 0.3) is 0 Å².